The molecule has 8 heteroatoms. The lowest BCUT2D eigenvalue weighted by molar-refractivity contribution is -0.144. The summed E-state index contributed by atoms with van der Waals surface area (Å²) in [4.78, 5) is 9.89. The molecule has 0 aromatic carbocycles. The highest BCUT2D eigenvalue weighted by molar-refractivity contribution is 5.52. The molecule has 0 unspecified atom stereocenters. The average Bonchev–Trinajstić information content (AvgIpc) is 3.08. The molecular weight excluding hydrogens is 307 g/mol. The summed E-state index contributed by atoms with van der Waals surface area (Å²) < 4.78 is 40.0. The quantitative estimate of drug-likeness (QED) is 0.809. The summed E-state index contributed by atoms with van der Waals surface area (Å²) in [5.74, 6) is 1.78. The molecule has 0 N–H and O–H groups in total. The fraction of sp³-hybridized carbons (Fsp3) is 0.667. The second kappa shape index (κ2) is 4.15. The number of hydrogen-bond donors (Lipinski definition) is 0. The molecule has 0 amide bonds. The van der Waals surface area contributed by atoms with Gasteiger partial charge >= 0.3 is 6.18 Å². The van der Waals surface area contributed by atoms with Crippen LogP contribution in [0.4, 0.5) is 19.0 Å². The fourth-order valence-corrected chi connectivity index (χ4v) is 4.87. The molecule has 2 saturated carbocycles. The molecule has 5 rings (SSSR count). The number of rotatable bonds is 1. The summed E-state index contributed by atoms with van der Waals surface area (Å²) in [5.41, 5.74) is 0.667. The van der Waals surface area contributed by atoms with Crippen LogP contribution in [0.3, 0.4) is 0 Å². The zero-order valence-corrected chi connectivity index (χ0v) is 12.6. The van der Waals surface area contributed by atoms with Crippen LogP contribution in [-0.2, 0) is 6.18 Å². The molecule has 3 fully saturated rings. The molecule has 0 radical (unpaired) electrons. The summed E-state index contributed by atoms with van der Waals surface area (Å²) in [6, 6.07) is 2.28. The lowest BCUT2D eigenvalue weighted by Crippen LogP contribution is -2.59. The van der Waals surface area contributed by atoms with E-state index in [-0.39, 0.29) is 5.78 Å². The van der Waals surface area contributed by atoms with E-state index in [4.69, 9.17) is 0 Å². The summed E-state index contributed by atoms with van der Waals surface area (Å²) in [5, 5.41) is 3.68. The predicted molar refractivity (Wildman–Crippen MR) is 76.0 cm³/mol. The average molecular weight is 323 g/mol. The summed E-state index contributed by atoms with van der Waals surface area (Å²) in [6.07, 6.45) is -0.736. The van der Waals surface area contributed by atoms with Crippen LogP contribution in [0.25, 0.3) is 5.78 Å². The number of alkyl halides is 3. The van der Waals surface area contributed by atoms with Crippen molar-refractivity contribution in [2.45, 2.75) is 38.4 Å². The molecule has 23 heavy (non-hydrogen) atoms. The van der Waals surface area contributed by atoms with Crippen LogP contribution in [-0.4, -0.2) is 32.2 Å². The molecule has 1 aliphatic heterocycles. The standard InChI is InChI=1S/C15H16F3N5/c1-7-4-11(22-6-10-8-2-3-9(5-8)12(10)22)23-14(19-7)20-13(21-23)15(16,17)18/h4,8-10,12H,2-3,5-6H2,1H3/t8-,9-,10-,12+/m0/s1. The van der Waals surface area contributed by atoms with E-state index in [9.17, 15) is 13.2 Å². The number of aryl methyl sites for hydroxylation is 1. The molecule has 2 bridgehead atoms. The van der Waals surface area contributed by atoms with Crippen molar-refractivity contribution in [3.8, 4) is 0 Å². The van der Waals surface area contributed by atoms with Crippen molar-refractivity contribution in [2.75, 3.05) is 11.4 Å². The Labute approximate surface area is 130 Å². The van der Waals surface area contributed by atoms with Crippen LogP contribution >= 0.6 is 0 Å². The number of anilines is 1. The fourth-order valence-electron chi connectivity index (χ4n) is 4.87. The topological polar surface area (TPSA) is 46.3 Å². The monoisotopic (exact) mass is 323 g/mol. The summed E-state index contributed by atoms with van der Waals surface area (Å²) in [6.45, 7) is 2.69. The van der Waals surface area contributed by atoms with Crippen molar-refractivity contribution in [3.63, 3.8) is 0 Å². The van der Waals surface area contributed by atoms with E-state index in [1.165, 1.54) is 23.8 Å². The maximum atomic E-state index is 12.9. The van der Waals surface area contributed by atoms with E-state index in [2.05, 4.69) is 20.0 Å². The Bertz CT molecular complexity index is 796. The maximum Gasteiger partial charge on any atom is 0.453 e. The van der Waals surface area contributed by atoms with Gasteiger partial charge in [0.05, 0.1) is 0 Å². The largest absolute Gasteiger partial charge is 0.453 e. The van der Waals surface area contributed by atoms with Crippen molar-refractivity contribution < 1.29 is 13.2 Å². The minimum atomic E-state index is -4.55. The molecule has 0 spiro atoms. The van der Waals surface area contributed by atoms with Crippen LogP contribution in [0.1, 0.15) is 30.8 Å². The van der Waals surface area contributed by atoms with Gasteiger partial charge in [0.25, 0.3) is 11.6 Å². The van der Waals surface area contributed by atoms with Gasteiger partial charge in [-0.2, -0.15) is 22.7 Å². The number of hydrogen-bond acceptors (Lipinski definition) is 4. The van der Waals surface area contributed by atoms with Gasteiger partial charge in [0.15, 0.2) is 0 Å². The van der Waals surface area contributed by atoms with E-state index in [1.807, 2.05) is 6.07 Å². The first-order chi connectivity index (χ1) is 10.9. The highest BCUT2D eigenvalue weighted by Crippen LogP contribution is 2.56. The molecule has 2 aromatic rings. The highest BCUT2D eigenvalue weighted by Gasteiger charge is 2.57. The van der Waals surface area contributed by atoms with Gasteiger partial charge in [0, 0.05) is 24.3 Å². The van der Waals surface area contributed by atoms with E-state index < -0.39 is 12.0 Å². The van der Waals surface area contributed by atoms with Crippen molar-refractivity contribution in [3.05, 3.63) is 17.6 Å². The second-order valence-corrected chi connectivity index (χ2v) is 7.04. The summed E-state index contributed by atoms with van der Waals surface area (Å²) >= 11 is 0. The Morgan fingerprint density at radius 1 is 1.17 bits per heavy atom. The van der Waals surface area contributed by atoms with Crippen molar-refractivity contribution in [2.24, 2.45) is 17.8 Å². The van der Waals surface area contributed by atoms with E-state index in [0.717, 1.165) is 12.5 Å². The third kappa shape index (κ3) is 1.77. The normalized spacial score (nSPS) is 32.4. The Hall–Kier alpha value is -1.86. The Kier molecular flexibility index (Phi) is 2.45. The first-order valence-electron chi connectivity index (χ1n) is 8.00. The van der Waals surface area contributed by atoms with Gasteiger partial charge in [0.2, 0.25) is 0 Å². The van der Waals surface area contributed by atoms with Crippen molar-refractivity contribution in [1.82, 2.24) is 19.6 Å². The molecule has 4 atom stereocenters. The third-order valence-electron chi connectivity index (χ3n) is 5.78. The number of aromatic nitrogens is 4. The lowest BCUT2D eigenvalue weighted by Gasteiger charge is -2.51. The van der Waals surface area contributed by atoms with Crippen molar-refractivity contribution >= 4 is 11.6 Å². The number of fused-ring (bicyclic) bond motifs is 6. The molecular formula is C15H16F3N5. The summed E-state index contributed by atoms with van der Waals surface area (Å²) in [7, 11) is 0. The highest BCUT2D eigenvalue weighted by atomic mass is 19.4. The molecule has 3 heterocycles. The third-order valence-corrected chi connectivity index (χ3v) is 5.78. The van der Waals surface area contributed by atoms with Crippen LogP contribution in [0.2, 0.25) is 0 Å². The number of nitrogens with zero attached hydrogens (tertiary/aromatic N) is 5. The van der Waals surface area contributed by atoms with E-state index >= 15 is 0 Å². The second-order valence-electron chi connectivity index (χ2n) is 7.04. The van der Waals surface area contributed by atoms with Gasteiger partial charge in [0.1, 0.15) is 5.82 Å². The molecule has 122 valence electrons. The van der Waals surface area contributed by atoms with Gasteiger partial charge in [-0.05, 0) is 43.9 Å². The zero-order chi connectivity index (χ0) is 15.9. The number of halogens is 3. The van der Waals surface area contributed by atoms with Gasteiger partial charge < -0.3 is 4.90 Å². The SMILES string of the molecule is Cc1cc(N2C[C@H]3[C@H]4CC[C@@H](C4)[C@H]32)n2nc(C(F)(F)F)nc2n1. The molecule has 3 aliphatic rings. The van der Waals surface area contributed by atoms with Crippen molar-refractivity contribution in [1.29, 1.82) is 0 Å². The zero-order valence-electron chi connectivity index (χ0n) is 12.6. The van der Waals surface area contributed by atoms with E-state index in [0.29, 0.717) is 29.4 Å². The van der Waals surface area contributed by atoms with Crippen LogP contribution in [0.15, 0.2) is 6.07 Å². The van der Waals surface area contributed by atoms with Gasteiger partial charge in [-0.3, -0.25) is 0 Å². The molecule has 2 aliphatic carbocycles. The smallest absolute Gasteiger partial charge is 0.352 e. The van der Waals surface area contributed by atoms with E-state index in [1.54, 1.807) is 6.92 Å². The molecule has 1 saturated heterocycles. The van der Waals surface area contributed by atoms with Crippen LogP contribution in [0.5, 0.6) is 0 Å². The van der Waals surface area contributed by atoms with Gasteiger partial charge in [-0.1, -0.05) is 0 Å². The maximum absolute atomic E-state index is 12.9. The van der Waals surface area contributed by atoms with Crippen LogP contribution in [0, 0.1) is 24.7 Å². The minimum absolute atomic E-state index is 0.0268. The Morgan fingerprint density at radius 2 is 1.96 bits per heavy atom. The Balaban J connectivity index is 1.60. The van der Waals surface area contributed by atoms with Gasteiger partial charge in [-0.25, -0.2) is 4.98 Å². The first-order valence-corrected chi connectivity index (χ1v) is 8.00. The molecule has 5 nitrogen and oxygen atoms in total. The lowest BCUT2D eigenvalue weighted by atomic mass is 9.77. The minimum Gasteiger partial charge on any atom is -0.352 e. The van der Waals surface area contributed by atoms with Crippen LogP contribution < -0.4 is 4.90 Å². The molecule has 2 aromatic heterocycles. The predicted octanol–water partition coefficient (Wildman–Crippen LogP) is 2.69. The Morgan fingerprint density at radius 3 is 2.70 bits per heavy atom. The van der Waals surface area contributed by atoms with Gasteiger partial charge in [-0.15, -0.1) is 5.10 Å². The first kappa shape index (κ1) is 13.6.